The van der Waals surface area contributed by atoms with E-state index in [1.165, 1.54) is 5.06 Å². The Balaban J connectivity index is 1.54. The fourth-order valence-corrected chi connectivity index (χ4v) is 3.10. The van der Waals surface area contributed by atoms with Crippen LogP contribution in [-0.2, 0) is 21.0 Å². The Morgan fingerprint density at radius 1 is 1.32 bits per heavy atom. The van der Waals surface area contributed by atoms with Gasteiger partial charge in [-0.1, -0.05) is 30.3 Å². The van der Waals surface area contributed by atoms with E-state index in [1.54, 1.807) is 0 Å². The zero-order valence-corrected chi connectivity index (χ0v) is 12.4. The minimum atomic E-state index is -0.778. The molecule has 2 unspecified atom stereocenters. The van der Waals surface area contributed by atoms with Gasteiger partial charge in [0, 0.05) is 6.54 Å². The van der Waals surface area contributed by atoms with Crippen LogP contribution in [0.25, 0.3) is 0 Å². The Labute approximate surface area is 129 Å². The number of hydrogen-bond acceptors (Lipinski definition) is 4. The molecular weight excluding hydrogens is 284 g/mol. The largest absolute Gasteiger partial charge is 0.480 e. The van der Waals surface area contributed by atoms with Crippen molar-refractivity contribution >= 4 is 11.9 Å². The van der Waals surface area contributed by atoms with Gasteiger partial charge >= 0.3 is 5.97 Å². The number of β-lactam (4-membered cyclic amide) rings is 1. The summed E-state index contributed by atoms with van der Waals surface area (Å²) in [6.07, 6.45) is 2.00. The molecule has 2 fully saturated rings. The van der Waals surface area contributed by atoms with E-state index in [1.807, 2.05) is 35.2 Å². The van der Waals surface area contributed by atoms with Gasteiger partial charge in [-0.15, -0.1) is 0 Å². The summed E-state index contributed by atoms with van der Waals surface area (Å²) in [5.41, 5.74) is 1.01. The van der Waals surface area contributed by atoms with Gasteiger partial charge in [-0.2, -0.15) is 0 Å². The maximum Gasteiger partial charge on any atom is 0.320 e. The first kappa shape index (κ1) is 15.0. The Morgan fingerprint density at radius 3 is 2.77 bits per heavy atom. The minimum Gasteiger partial charge on any atom is -0.480 e. The first-order chi connectivity index (χ1) is 10.6. The zero-order chi connectivity index (χ0) is 15.5. The SMILES string of the molecule is O=C(O)C1CCCN1CC1CC(=O)N1OCc1ccccc1. The number of hydroxylamine groups is 2. The molecule has 2 aliphatic rings. The molecule has 0 radical (unpaired) electrons. The van der Waals surface area contributed by atoms with Crippen molar-refractivity contribution in [1.29, 1.82) is 0 Å². The number of aliphatic carboxylic acids is 1. The van der Waals surface area contributed by atoms with Gasteiger partial charge in [0.25, 0.3) is 0 Å². The lowest BCUT2D eigenvalue weighted by Gasteiger charge is -2.41. The van der Waals surface area contributed by atoms with Crippen LogP contribution in [0.2, 0.25) is 0 Å². The third kappa shape index (κ3) is 3.13. The summed E-state index contributed by atoms with van der Waals surface area (Å²) >= 11 is 0. The number of carbonyl (C=O) groups is 2. The molecule has 0 bridgehead atoms. The normalized spacial score (nSPS) is 25.3. The Morgan fingerprint density at radius 2 is 2.09 bits per heavy atom. The molecule has 1 N–H and O–H groups in total. The first-order valence-corrected chi connectivity index (χ1v) is 7.61. The van der Waals surface area contributed by atoms with Crippen molar-refractivity contribution < 1.29 is 19.5 Å². The highest BCUT2D eigenvalue weighted by Gasteiger charge is 2.41. The molecule has 0 aromatic heterocycles. The fourth-order valence-electron chi connectivity index (χ4n) is 3.10. The summed E-state index contributed by atoms with van der Waals surface area (Å²) < 4.78 is 0. The lowest BCUT2D eigenvalue weighted by molar-refractivity contribution is -0.235. The molecule has 0 saturated carbocycles. The molecule has 118 valence electrons. The van der Waals surface area contributed by atoms with Crippen LogP contribution in [0.3, 0.4) is 0 Å². The average molecular weight is 304 g/mol. The smallest absolute Gasteiger partial charge is 0.320 e. The van der Waals surface area contributed by atoms with Crippen LogP contribution in [0.4, 0.5) is 0 Å². The van der Waals surface area contributed by atoms with Gasteiger partial charge in [0.1, 0.15) is 12.6 Å². The van der Waals surface area contributed by atoms with Crippen molar-refractivity contribution in [3.63, 3.8) is 0 Å². The molecular formula is C16H20N2O4. The summed E-state index contributed by atoms with van der Waals surface area (Å²) in [5, 5.41) is 10.6. The standard InChI is InChI=1S/C16H20N2O4/c19-15-9-13(10-17-8-4-7-14(17)16(20)21)18(15)22-11-12-5-2-1-3-6-12/h1-3,5-6,13-14H,4,7-11H2,(H,20,21). The van der Waals surface area contributed by atoms with Gasteiger partial charge in [-0.05, 0) is 24.9 Å². The maximum absolute atomic E-state index is 11.7. The Hall–Kier alpha value is -1.92. The fraction of sp³-hybridized carbons (Fsp3) is 0.500. The van der Waals surface area contributed by atoms with Crippen molar-refractivity contribution in [3.05, 3.63) is 35.9 Å². The van der Waals surface area contributed by atoms with Crippen molar-refractivity contribution in [1.82, 2.24) is 9.96 Å². The lowest BCUT2D eigenvalue weighted by Crippen LogP contribution is -2.57. The van der Waals surface area contributed by atoms with Gasteiger partial charge < -0.3 is 5.11 Å². The Bertz CT molecular complexity index is 548. The van der Waals surface area contributed by atoms with E-state index < -0.39 is 12.0 Å². The van der Waals surface area contributed by atoms with E-state index in [4.69, 9.17) is 4.84 Å². The molecule has 2 atom stereocenters. The molecule has 2 aliphatic heterocycles. The van der Waals surface area contributed by atoms with Crippen LogP contribution in [-0.4, -0.2) is 52.1 Å². The van der Waals surface area contributed by atoms with Gasteiger partial charge in [-0.3, -0.25) is 19.3 Å². The number of nitrogens with zero attached hydrogens (tertiary/aromatic N) is 2. The number of likely N-dealkylation sites (tertiary alicyclic amines) is 1. The Kier molecular flexibility index (Phi) is 4.40. The van der Waals surface area contributed by atoms with Crippen LogP contribution in [0.15, 0.2) is 30.3 Å². The second-order valence-electron chi connectivity index (χ2n) is 5.83. The molecule has 6 nitrogen and oxygen atoms in total. The van der Waals surface area contributed by atoms with E-state index in [0.717, 1.165) is 18.5 Å². The average Bonchev–Trinajstić information content (AvgIpc) is 2.96. The van der Waals surface area contributed by atoms with Crippen LogP contribution in [0.5, 0.6) is 0 Å². The summed E-state index contributed by atoms with van der Waals surface area (Å²) in [6.45, 7) is 1.69. The van der Waals surface area contributed by atoms with Crippen LogP contribution in [0, 0.1) is 0 Å². The van der Waals surface area contributed by atoms with Crippen molar-refractivity contribution in [3.8, 4) is 0 Å². The zero-order valence-electron chi connectivity index (χ0n) is 12.4. The highest BCUT2D eigenvalue weighted by atomic mass is 16.7. The second-order valence-corrected chi connectivity index (χ2v) is 5.83. The molecule has 3 rings (SSSR count). The van der Waals surface area contributed by atoms with Crippen LogP contribution in [0.1, 0.15) is 24.8 Å². The third-order valence-corrected chi connectivity index (χ3v) is 4.29. The predicted molar refractivity (Wildman–Crippen MR) is 78.7 cm³/mol. The van der Waals surface area contributed by atoms with Crippen molar-refractivity contribution in [2.24, 2.45) is 0 Å². The minimum absolute atomic E-state index is 0.0352. The third-order valence-electron chi connectivity index (χ3n) is 4.29. The summed E-state index contributed by atoms with van der Waals surface area (Å²) in [4.78, 5) is 30.5. The lowest BCUT2D eigenvalue weighted by atomic mass is 10.0. The molecule has 2 saturated heterocycles. The molecule has 0 aliphatic carbocycles. The van der Waals surface area contributed by atoms with Gasteiger partial charge in [0.2, 0.25) is 5.91 Å². The molecule has 6 heteroatoms. The molecule has 1 amide bonds. The number of benzene rings is 1. The summed E-state index contributed by atoms with van der Waals surface area (Å²) in [6, 6.07) is 9.20. The van der Waals surface area contributed by atoms with Crippen molar-refractivity contribution in [2.45, 2.75) is 38.0 Å². The number of amides is 1. The van der Waals surface area contributed by atoms with Crippen LogP contribution >= 0.6 is 0 Å². The topological polar surface area (TPSA) is 70.1 Å². The number of rotatable bonds is 6. The van der Waals surface area contributed by atoms with Crippen LogP contribution < -0.4 is 0 Å². The highest BCUT2D eigenvalue weighted by Crippen LogP contribution is 2.25. The van der Waals surface area contributed by atoms with Gasteiger partial charge in [0.15, 0.2) is 0 Å². The number of hydrogen-bond donors (Lipinski definition) is 1. The number of carboxylic acids is 1. The molecule has 0 spiro atoms. The number of carbonyl (C=O) groups excluding carboxylic acids is 1. The van der Waals surface area contributed by atoms with E-state index >= 15 is 0 Å². The molecule has 2 heterocycles. The monoisotopic (exact) mass is 304 g/mol. The maximum atomic E-state index is 11.7. The summed E-state index contributed by atoms with van der Waals surface area (Å²) in [7, 11) is 0. The molecule has 1 aromatic rings. The van der Waals surface area contributed by atoms with E-state index in [2.05, 4.69) is 0 Å². The van der Waals surface area contributed by atoms with Gasteiger partial charge in [-0.25, -0.2) is 5.06 Å². The van der Waals surface area contributed by atoms with E-state index in [-0.39, 0.29) is 11.9 Å². The van der Waals surface area contributed by atoms with E-state index in [9.17, 15) is 14.7 Å². The van der Waals surface area contributed by atoms with Gasteiger partial charge in [0.05, 0.1) is 12.5 Å². The molecule has 22 heavy (non-hydrogen) atoms. The summed E-state index contributed by atoms with van der Waals surface area (Å²) in [5.74, 6) is -0.813. The molecule has 1 aromatic carbocycles. The quantitative estimate of drug-likeness (QED) is 0.801. The second kappa shape index (κ2) is 6.46. The first-order valence-electron chi connectivity index (χ1n) is 7.61. The van der Waals surface area contributed by atoms with Crippen molar-refractivity contribution in [2.75, 3.05) is 13.1 Å². The van der Waals surface area contributed by atoms with E-state index in [0.29, 0.717) is 26.0 Å². The predicted octanol–water partition coefficient (Wildman–Crippen LogP) is 1.27. The highest BCUT2D eigenvalue weighted by molar-refractivity contribution is 5.82. The number of carboxylic acid groups (broad SMARTS) is 1.